The quantitative estimate of drug-likeness (QED) is 0.0814. The van der Waals surface area contributed by atoms with Gasteiger partial charge in [0.15, 0.2) is 23.0 Å². The van der Waals surface area contributed by atoms with Crippen LogP contribution in [0.2, 0.25) is 0 Å². The summed E-state index contributed by atoms with van der Waals surface area (Å²) < 4.78 is 83.7. The number of ether oxygens (including phenoxy) is 6. The molecule has 3 aromatic carbocycles. The summed E-state index contributed by atoms with van der Waals surface area (Å²) in [5.74, 6) is -0.118. The van der Waals surface area contributed by atoms with Gasteiger partial charge in [0.1, 0.15) is 24.0 Å². The van der Waals surface area contributed by atoms with Crippen LogP contribution in [0.25, 0.3) is 11.0 Å². The van der Waals surface area contributed by atoms with Crippen molar-refractivity contribution in [2.75, 3.05) is 112 Å². The summed E-state index contributed by atoms with van der Waals surface area (Å²) in [5, 5.41) is 16.7. The number of fused-ring (bicyclic) bond motifs is 5. The van der Waals surface area contributed by atoms with E-state index >= 15 is 4.39 Å². The first-order valence-electron chi connectivity index (χ1n) is 31.2. The van der Waals surface area contributed by atoms with Crippen molar-refractivity contribution in [1.29, 1.82) is 0 Å². The van der Waals surface area contributed by atoms with Crippen LogP contribution >= 0.6 is 0 Å². The van der Waals surface area contributed by atoms with Gasteiger partial charge in [-0.2, -0.15) is 9.37 Å². The molecule has 11 heterocycles. The summed E-state index contributed by atoms with van der Waals surface area (Å²) in [6, 6.07) is 20.4. The number of sulfonamides is 1. The van der Waals surface area contributed by atoms with E-state index in [0.29, 0.717) is 93.1 Å². The average molecular weight is 1220 g/mol. The number of aromatic amines is 1. The number of anilines is 5. The number of amides is 1. The number of benzene rings is 3. The number of rotatable bonds is 11. The van der Waals surface area contributed by atoms with Crippen molar-refractivity contribution in [3.8, 4) is 17.4 Å². The Labute approximate surface area is 510 Å². The van der Waals surface area contributed by atoms with Crippen molar-refractivity contribution in [2.45, 2.75) is 112 Å². The predicted octanol–water partition coefficient (Wildman–Crippen LogP) is 8.58. The van der Waals surface area contributed by atoms with E-state index in [2.05, 4.69) is 65.8 Å². The van der Waals surface area contributed by atoms with E-state index in [1.165, 1.54) is 17.2 Å². The number of piperidine rings is 1. The number of hydrogen-bond donors (Lipinski definition) is 3. The second-order valence-electron chi connectivity index (χ2n) is 25.5. The third-order valence-corrected chi connectivity index (χ3v) is 21.8. The van der Waals surface area contributed by atoms with Crippen molar-refractivity contribution in [3.05, 3.63) is 117 Å². The summed E-state index contributed by atoms with van der Waals surface area (Å²) >= 11 is 0. The summed E-state index contributed by atoms with van der Waals surface area (Å²) in [6.45, 7) is 12.4. The minimum atomic E-state index is -4.73. The summed E-state index contributed by atoms with van der Waals surface area (Å²) in [7, 11) is -4.73. The highest BCUT2D eigenvalue weighted by molar-refractivity contribution is 7.90. The number of nitrogens with one attached hydrogen (secondary N) is 3. The van der Waals surface area contributed by atoms with Crippen LogP contribution in [0.5, 0.6) is 17.4 Å². The molecule has 22 nitrogen and oxygen atoms in total. The number of nitrogens with zero attached hydrogens (tertiary/aromatic N) is 8. The van der Waals surface area contributed by atoms with Gasteiger partial charge in [-0.1, -0.05) is 24.3 Å². The number of nitro benzene ring substituents is 1. The molecule has 0 radical (unpaired) electrons. The van der Waals surface area contributed by atoms with Gasteiger partial charge in [-0.3, -0.25) is 24.7 Å². The van der Waals surface area contributed by atoms with Gasteiger partial charge in [0.25, 0.3) is 21.6 Å². The van der Waals surface area contributed by atoms with Crippen LogP contribution in [0.4, 0.5) is 38.6 Å². The first-order chi connectivity index (χ1) is 42.8. The Kier molecular flexibility index (Phi) is 14.9. The molecule has 1 amide bonds. The Hall–Kier alpha value is -7.35. The molecule has 0 unspecified atom stereocenters. The van der Waals surface area contributed by atoms with Gasteiger partial charge in [0, 0.05) is 125 Å². The molecule has 24 heteroatoms. The van der Waals surface area contributed by atoms with Crippen molar-refractivity contribution in [2.24, 2.45) is 11.3 Å². The van der Waals surface area contributed by atoms with Gasteiger partial charge >= 0.3 is 0 Å². The normalized spacial score (nSPS) is 25.9. The Morgan fingerprint density at radius 1 is 0.852 bits per heavy atom. The number of morpholine rings is 1. The molecular formula is C64H74FN11O11S. The summed E-state index contributed by atoms with van der Waals surface area (Å²) in [4.78, 5) is 51.0. The smallest absolute Gasteiger partial charge is 0.297 e. The second kappa shape index (κ2) is 22.9. The molecule has 6 atom stereocenters. The average Bonchev–Trinajstić information content (AvgIpc) is 1.06. The number of pyridine rings is 2. The highest BCUT2D eigenvalue weighted by Crippen LogP contribution is 2.55. The number of aryl methyl sites for hydroxylation is 1. The zero-order valence-electron chi connectivity index (χ0n) is 49.5. The Bertz CT molecular complexity index is 3800. The fraction of sp³-hybridized carbons (Fsp3) is 0.516. The molecule has 1 aliphatic carbocycles. The zero-order valence-corrected chi connectivity index (χ0v) is 50.4. The second-order valence-corrected chi connectivity index (χ2v) is 27.2. The number of halogens is 1. The van der Waals surface area contributed by atoms with Crippen molar-refractivity contribution >= 4 is 61.2 Å². The van der Waals surface area contributed by atoms with Crippen molar-refractivity contribution in [1.82, 2.24) is 29.5 Å². The fourth-order valence-corrected chi connectivity index (χ4v) is 16.7. The van der Waals surface area contributed by atoms with E-state index in [0.717, 1.165) is 100 Å². The number of aromatic nitrogens is 3. The molecule has 9 aliphatic rings. The number of carbonyl (C=O) groups is 1. The lowest BCUT2D eigenvalue weighted by Gasteiger charge is -2.59. The third kappa shape index (κ3) is 10.3. The van der Waals surface area contributed by atoms with E-state index in [-0.39, 0.29) is 77.6 Å². The Balaban J connectivity index is 0.687. The first kappa shape index (κ1) is 57.1. The predicted molar refractivity (Wildman–Crippen MR) is 326 cm³/mol. The fourth-order valence-electron chi connectivity index (χ4n) is 15.7. The maximum atomic E-state index is 16.5. The van der Waals surface area contributed by atoms with E-state index in [9.17, 15) is 23.3 Å². The molecule has 6 fully saturated rings. The van der Waals surface area contributed by atoms with Gasteiger partial charge in [0.2, 0.25) is 11.7 Å². The van der Waals surface area contributed by atoms with E-state index < -0.39 is 37.5 Å². The van der Waals surface area contributed by atoms with Crippen LogP contribution < -0.4 is 38.9 Å². The molecule has 15 rings (SSSR count). The Morgan fingerprint density at radius 3 is 2.49 bits per heavy atom. The lowest BCUT2D eigenvalue weighted by Crippen LogP contribution is -2.60. The molecule has 88 heavy (non-hydrogen) atoms. The monoisotopic (exact) mass is 1220 g/mol. The molecule has 6 aromatic rings. The molecule has 0 bridgehead atoms. The number of nitro groups is 1. The largest absolute Gasteiger partial charge is 0.490 e. The number of H-pyrrole nitrogens is 1. The third-order valence-electron chi connectivity index (χ3n) is 20.5. The van der Waals surface area contributed by atoms with Crippen LogP contribution in [0.3, 0.4) is 0 Å². The Morgan fingerprint density at radius 2 is 1.67 bits per heavy atom. The number of hydrogen-bond acceptors (Lipinski definition) is 19. The molecule has 3 aromatic heterocycles. The van der Waals surface area contributed by atoms with Gasteiger partial charge in [-0.25, -0.2) is 18.1 Å². The number of carbonyl (C=O) groups excluding carboxylic acids is 1. The van der Waals surface area contributed by atoms with Crippen LogP contribution in [-0.2, 0) is 24.2 Å². The van der Waals surface area contributed by atoms with Crippen LogP contribution in [-0.4, -0.2) is 166 Å². The molecule has 1 spiro atoms. The van der Waals surface area contributed by atoms with Crippen LogP contribution in [0, 0.1) is 34.2 Å². The number of piperazine rings is 1. The highest BCUT2D eigenvalue weighted by Gasteiger charge is 2.51. The molecule has 5 saturated heterocycles. The minimum Gasteiger partial charge on any atom is -0.490 e. The maximum absolute atomic E-state index is 16.5. The molecule has 1 saturated carbocycles. The standard InChI is InChI=1S/C64H74FN11O11S/c1-38-5-3-4-6-45(38)54-34-72(49-13-25-85-59-47(49)33-67-61(57(59)65)73-21-26-84-35-39(73)2)19-20-74(54)43-31-64(32-43)14-17-71(18-15-64)42-7-8-46(51(28-42)75-50-12-24-83-37-56(50)87-63-53(75)27-41-9-16-66-60(41)69-63)62(77)70-88(80,81)44-29-52(76(78)79)58-55(30-44)86-36-48(68-58)40-10-22-82-23-11-40/h3-9,16,27-30,33,39-40,43,48-50,54,56,68H,10-15,17-26,31-32,34-37H2,1-2H3,(H,66,69)(H,70,77)/t39-,48-,49+,50-,54-,56-/m0/s1. The summed E-state index contributed by atoms with van der Waals surface area (Å²) in [6.07, 6.45) is 10.1. The lowest BCUT2D eigenvalue weighted by molar-refractivity contribution is -0.384. The SMILES string of the molecule is Cc1ccccc1[C@@H]1CN([C@@H]2CCOc3c2cnc(N2CCOC[C@@H]2C)c3F)CCN1C1CC2(CCN(c3ccc(C(=O)NS(=O)(=O)c4cc5c(c([N+](=O)[O-])c4)N[C@H](C4CCOCC4)CO5)c(N4c5cc6cc[nH]c6nc5O[C@H]5COCC[C@@H]54)c3)CC2)C1. The lowest BCUT2D eigenvalue weighted by atomic mass is 9.59. The van der Waals surface area contributed by atoms with Crippen LogP contribution in [0.15, 0.2) is 84.0 Å². The van der Waals surface area contributed by atoms with Gasteiger partial charge in [-0.15, -0.1) is 0 Å². The van der Waals surface area contributed by atoms with Gasteiger partial charge < -0.3 is 53.4 Å². The van der Waals surface area contributed by atoms with Crippen molar-refractivity contribution < 1.29 is 50.9 Å². The first-order valence-corrected chi connectivity index (χ1v) is 32.7. The molecule has 3 N–H and O–H groups in total. The highest BCUT2D eigenvalue weighted by atomic mass is 32.2. The van der Waals surface area contributed by atoms with Crippen molar-refractivity contribution in [3.63, 3.8) is 0 Å². The zero-order chi connectivity index (χ0) is 60.0. The minimum absolute atomic E-state index is 0.00721. The van der Waals surface area contributed by atoms with Crippen LogP contribution in [0.1, 0.15) is 97.4 Å². The molecule has 8 aliphatic heterocycles. The van der Waals surface area contributed by atoms with Gasteiger partial charge in [0.05, 0.1) is 65.6 Å². The van der Waals surface area contributed by atoms with E-state index in [4.69, 9.17) is 38.4 Å². The summed E-state index contributed by atoms with van der Waals surface area (Å²) in [5.41, 5.74) is 5.85. The van der Waals surface area contributed by atoms with Gasteiger partial charge in [-0.05, 0) is 112 Å². The topological polar surface area (TPSA) is 232 Å². The molecular weight excluding hydrogens is 1150 g/mol. The maximum Gasteiger partial charge on any atom is 0.297 e. The molecule has 464 valence electrons. The van der Waals surface area contributed by atoms with E-state index in [1.54, 1.807) is 12.3 Å². The van der Waals surface area contributed by atoms with E-state index in [1.807, 2.05) is 42.3 Å².